The third-order valence-corrected chi connectivity index (χ3v) is 5.17. The van der Waals surface area contributed by atoms with E-state index >= 15 is 0 Å². The van der Waals surface area contributed by atoms with Crippen LogP contribution >= 0.6 is 15.9 Å². The number of piperidine rings is 1. The van der Waals surface area contributed by atoms with Gasteiger partial charge in [-0.05, 0) is 67.7 Å². The van der Waals surface area contributed by atoms with Crippen LogP contribution in [-0.2, 0) is 4.74 Å². The average molecular weight is 463 g/mol. The van der Waals surface area contributed by atoms with Gasteiger partial charge in [-0.3, -0.25) is 10.5 Å². The van der Waals surface area contributed by atoms with Crippen molar-refractivity contribution in [2.75, 3.05) is 25.5 Å². The van der Waals surface area contributed by atoms with E-state index in [0.29, 0.717) is 23.5 Å². The Bertz CT molecular complexity index is 905. The monoisotopic (exact) mass is 462 g/mol. The van der Waals surface area contributed by atoms with Crippen LogP contribution in [-0.4, -0.2) is 56.5 Å². The lowest BCUT2D eigenvalue weighted by Crippen LogP contribution is -2.42. The van der Waals surface area contributed by atoms with Gasteiger partial charge in [0.2, 0.25) is 0 Å². The highest BCUT2D eigenvalue weighted by Gasteiger charge is 2.30. The van der Waals surface area contributed by atoms with Gasteiger partial charge in [0.25, 0.3) is 0 Å². The van der Waals surface area contributed by atoms with Crippen LogP contribution in [0.1, 0.15) is 50.9 Å². The van der Waals surface area contributed by atoms with Gasteiger partial charge in [-0.2, -0.15) is 5.10 Å². The Morgan fingerprint density at radius 3 is 2.83 bits per heavy atom. The van der Waals surface area contributed by atoms with Gasteiger partial charge in [-0.25, -0.2) is 9.78 Å². The fraction of sp³-hybridized carbons (Fsp3) is 0.500. The van der Waals surface area contributed by atoms with Crippen molar-refractivity contribution in [3.8, 4) is 11.4 Å². The summed E-state index contributed by atoms with van der Waals surface area (Å²) in [5.74, 6) is 1.43. The summed E-state index contributed by atoms with van der Waals surface area (Å²) in [5.41, 5.74) is 1.91. The SMILES string of the molecule is CNc1ccc(-c2n[nH]c([C@@H]3CCCN(C(=O)OC(C)(C)C)C3)n2)cc1C(=N)Br. The highest BCUT2D eigenvalue weighted by molar-refractivity contribution is 9.18. The summed E-state index contributed by atoms with van der Waals surface area (Å²) in [6.45, 7) is 6.86. The number of likely N-dealkylation sites (tertiary alicyclic amines) is 1. The molecule has 1 aliphatic heterocycles. The Morgan fingerprint density at radius 2 is 2.17 bits per heavy atom. The number of nitrogens with one attached hydrogen (secondary N) is 3. The van der Waals surface area contributed by atoms with Gasteiger partial charge in [0, 0.05) is 42.9 Å². The Morgan fingerprint density at radius 1 is 1.41 bits per heavy atom. The Labute approximate surface area is 179 Å². The van der Waals surface area contributed by atoms with E-state index in [4.69, 9.17) is 10.1 Å². The third kappa shape index (κ3) is 5.14. The second-order valence-corrected chi connectivity index (χ2v) is 8.93. The van der Waals surface area contributed by atoms with Gasteiger partial charge >= 0.3 is 6.09 Å². The molecule has 156 valence electrons. The minimum absolute atomic E-state index is 0.0862. The number of hydrogen-bond acceptors (Lipinski definition) is 6. The standard InChI is InChI=1S/C20H27BrN6O2/c1-20(2,3)29-19(28)27-9-5-6-13(11-27)18-24-17(25-26-18)12-7-8-15(23-4)14(10-12)16(21)22/h7-8,10,13,22-23H,5-6,9,11H2,1-4H3,(H,24,25,26)/t13-/m1/s1. The minimum atomic E-state index is -0.510. The molecule has 1 fully saturated rings. The molecule has 0 radical (unpaired) electrons. The summed E-state index contributed by atoms with van der Waals surface area (Å²) in [5, 5.41) is 18.4. The maximum Gasteiger partial charge on any atom is 0.410 e. The van der Waals surface area contributed by atoms with Crippen molar-refractivity contribution in [2.45, 2.75) is 45.1 Å². The fourth-order valence-corrected chi connectivity index (χ4v) is 3.69. The van der Waals surface area contributed by atoms with Crippen LogP contribution in [0.5, 0.6) is 0 Å². The van der Waals surface area contributed by atoms with Crippen molar-refractivity contribution >= 4 is 32.3 Å². The van der Waals surface area contributed by atoms with E-state index in [1.807, 2.05) is 46.0 Å². The molecule has 1 amide bonds. The second kappa shape index (κ2) is 8.52. The number of rotatable bonds is 4. The predicted octanol–water partition coefficient (Wildman–Crippen LogP) is 4.35. The molecule has 29 heavy (non-hydrogen) atoms. The highest BCUT2D eigenvalue weighted by atomic mass is 79.9. The first kappa shape index (κ1) is 21.3. The van der Waals surface area contributed by atoms with Crippen molar-refractivity contribution in [3.05, 3.63) is 29.6 Å². The van der Waals surface area contributed by atoms with Crippen molar-refractivity contribution in [1.82, 2.24) is 20.1 Å². The molecular weight excluding hydrogens is 436 g/mol. The molecule has 1 atom stereocenters. The quantitative estimate of drug-likeness (QED) is 0.585. The van der Waals surface area contributed by atoms with E-state index in [2.05, 4.69) is 36.4 Å². The lowest BCUT2D eigenvalue weighted by molar-refractivity contribution is 0.0196. The van der Waals surface area contributed by atoms with Gasteiger partial charge in [-0.15, -0.1) is 0 Å². The molecule has 0 saturated carbocycles. The molecular formula is C20H27BrN6O2. The number of hydrogen-bond donors (Lipinski definition) is 3. The number of nitrogens with zero attached hydrogens (tertiary/aromatic N) is 3. The Hall–Kier alpha value is -2.42. The Balaban J connectivity index is 1.77. The molecule has 1 saturated heterocycles. The van der Waals surface area contributed by atoms with Gasteiger partial charge in [0.1, 0.15) is 16.0 Å². The molecule has 1 aromatic carbocycles. The molecule has 8 nitrogen and oxygen atoms in total. The van der Waals surface area contributed by atoms with Crippen molar-refractivity contribution in [1.29, 1.82) is 5.41 Å². The summed E-state index contributed by atoms with van der Waals surface area (Å²) < 4.78 is 5.80. The lowest BCUT2D eigenvalue weighted by Gasteiger charge is -2.33. The number of H-pyrrole nitrogens is 1. The second-order valence-electron chi connectivity index (χ2n) is 8.13. The summed E-state index contributed by atoms with van der Waals surface area (Å²) >= 11 is 3.23. The normalized spacial score (nSPS) is 17.1. The molecule has 3 N–H and O–H groups in total. The molecule has 3 rings (SSSR count). The van der Waals surface area contributed by atoms with Crippen LogP contribution in [0.2, 0.25) is 0 Å². The number of aromatic nitrogens is 3. The zero-order valence-electron chi connectivity index (χ0n) is 17.2. The fourth-order valence-electron chi connectivity index (χ4n) is 3.36. The number of halogens is 1. The van der Waals surface area contributed by atoms with Gasteiger partial charge in [-0.1, -0.05) is 0 Å². The van der Waals surface area contributed by atoms with E-state index in [1.54, 1.807) is 4.90 Å². The van der Waals surface area contributed by atoms with Crippen LogP contribution in [0.4, 0.5) is 10.5 Å². The molecule has 0 spiro atoms. The number of aromatic amines is 1. The number of benzene rings is 1. The molecule has 9 heteroatoms. The van der Waals surface area contributed by atoms with Crippen molar-refractivity contribution in [3.63, 3.8) is 0 Å². The summed E-state index contributed by atoms with van der Waals surface area (Å²) in [6.07, 6.45) is 1.54. The number of ether oxygens (including phenoxy) is 1. The third-order valence-electron chi connectivity index (χ3n) is 4.75. The van der Waals surface area contributed by atoms with Crippen LogP contribution in [0, 0.1) is 5.41 Å². The minimum Gasteiger partial charge on any atom is -0.444 e. The number of carbonyl (C=O) groups excluding carboxylic acids is 1. The highest BCUT2D eigenvalue weighted by Crippen LogP contribution is 2.29. The topological polar surface area (TPSA) is 107 Å². The summed E-state index contributed by atoms with van der Waals surface area (Å²) in [7, 11) is 1.82. The smallest absolute Gasteiger partial charge is 0.410 e. The first-order chi connectivity index (χ1) is 13.7. The maximum absolute atomic E-state index is 12.4. The van der Waals surface area contributed by atoms with Crippen LogP contribution in [0.25, 0.3) is 11.4 Å². The molecule has 2 heterocycles. The van der Waals surface area contributed by atoms with E-state index < -0.39 is 5.60 Å². The Kier molecular flexibility index (Phi) is 6.26. The van der Waals surface area contributed by atoms with Gasteiger partial charge < -0.3 is 15.0 Å². The van der Waals surface area contributed by atoms with Crippen LogP contribution < -0.4 is 5.32 Å². The zero-order valence-corrected chi connectivity index (χ0v) is 18.8. The summed E-state index contributed by atoms with van der Waals surface area (Å²) in [4.78, 5) is 18.8. The number of anilines is 1. The molecule has 1 aliphatic rings. The van der Waals surface area contributed by atoms with Crippen LogP contribution in [0.15, 0.2) is 18.2 Å². The predicted molar refractivity (Wildman–Crippen MR) is 117 cm³/mol. The first-order valence-corrected chi connectivity index (χ1v) is 10.4. The number of carbonyl (C=O) groups is 1. The summed E-state index contributed by atoms with van der Waals surface area (Å²) in [6, 6.07) is 5.71. The first-order valence-electron chi connectivity index (χ1n) is 9.65. The average Bonchev–Trinajstić information content (AvgIpc) is 3.16. The van der Waals surface area contributed by atoms with E-state index in [1.165, 1.54) is 0 Å². The van der Waals surface area contributed by atoms with Gasteiger partial charge in [0.15, 0.2) is 5.82 Å². The van der Waals surface area contributed by atoms with Gasteiger partial charge in [0.05, 0.1) is 0 Å². The molecule has 1 aromatic heterocycles. The van der Waals surface area contributed by atoms with Crippen LogP contribution in [0.3, 0.4) is 0 Å². The lowest BCUT2D eigenvalue weighted by atomic mass is 9.98. The van der Waals surface area contributed by atoms with Crippen molar-refractivity contribution in [2.24, 2.45) is 0 Å². The molecule has 0 aliphatic carbocycles. The molecule has 0 bridgehead atoms. The molecule has 2 aromatic rings. The molecule has 0 unspecified atom stereocenters. The maximum atomic E-state index is 12.4. The zero-order chi connectivity index (χ0) is 21.2. The number of amides is 1. The van der Waals surface area contributed by atoms with Crippen molar-refractivity contribution < 1.29 is 9.53 Å². The van der Waals surface area contributed by atoms with E-state index in [9.17, 15) is 4.79 Å². The van der Waals surface area contributed by atoms with E-state index in [-0.39, 0.29) is 12.0 Å². The largest absolute Gasteiger partial charge is 0.444 e. The van der Waals surface area contributed by atoms with E-state index in [0.717, 1.165) is 35.5 Å².